The van der Waals surface area contributed by atoms with Gasteiger partial charge < -0.3 is 15.1 Å². The Morgan fingerprint density at radius 1 is 1.27 bits per heavy atom. The van der Waals surface area contributed by atoms with Gasteiger partial charge in [0.05, 0.1) is 12.6 Å². The lowest BCUT2D eigenvalue weighted by molar-refractivity contribution is -0.0155. The van der Waals surface area contributed by atoms with Crippen LogP contribution in [0.2, 0.25) is 0 Å². The van der Waals surface area contributed by atoms with Crippen LogP contribution in [0.1, 0.15) is 19.3 Å². The fourth-order valence-electron chi connectivity index (χ4n) is 2.80. The van der Waals surface area contributed by atoms with Crippen molar-refractivity contribution in [1.29, 1.82) is 0 Å². The molecule has 1 unspecified atom stereocenters. The molecular weight excluding hydrogens is 196 g/mol. The van der Waals surface area contributed by atoms with Gasteiger partial charge in [-0.25, -0.2) is 4.79 Å². The Kier molecular flexibility index (Phi) is 3.11. The van der Waals surface area contributed by atoms with Crippen LogP contribution in [0.25, 0.3) is 0 Å². The zero-order chi connectivity index (χ0) is 10.8. The van der Waals surface area contributed by atoms with E-state index in [1.165, 1.54) is 11.3 Å². The van der Waals surface area contributed by atoms with Crippen molar-refractivity contribution in [2.45, 2.75) is 31.3 Å². The van der Waals surface area contributed by atoms with Crippen LogP contribution in [-0.2, 0) is 0 Å². The van der Waals surface area contributed by atoms with Gasteiger partial charge in [-0.2, -0.15) is 0 Å². The SMILES string of the molecule is O=C(O)N1CCN2CCCC[C@H]2C1CO. The second-order valence-corrected chi connectivity index (χ2v) is 4.32. The average molecular weight is 214 g/mol. The van der Waals surface area contributed by atoms with E-state index in [0.717, 1.165) is 25.9 Å². The average Bonchev–Trinajstić information content (AvgIpc) is 2.27. The van der Waals surface area contributed by atoms with Crippen LogP contribution in [0.15, 0.2) is 0 Å². The highest BCUT2D eigenvalue weighted by molar-refractivity contribution is 5.65. The summed E-state index contributed by atoms with van der Waals surface area (Å²) < 4.78 is 0. The van der Waals surface area contributed by atoms with Crippen LogP contribution in [0.3, 0.4) is 0 Å². The Hall–Kier alpha value is -0.810. The minimum atomic E-state index is -0.903. The molecule has 2 fully saturated rings. The van der Waals surface area contributed by atoms with E-state index in [9.17, 15) is 9.90 Å². The van der Waals surface area contributed by atoms with Crippen LogP contribution >= 0.6 is 0 Å². The van der Waals surface area contributed by atoms with E-state index in [-0.39, 0.29) is 18.7 Å². The summed E-state index contributed by atoms with van der Waals surface area (Å²) in [5.41, 5.74) is 0. The minimum absolute atomic E-state index is 0.0620. The molecule has 2 heterocycles. The van der Waals surface area contributed by atoms with Crippen molar-refractivity contribution in [2.24, 2.45) is 0 Å². The molecule has 0 saturated carbocycles. The van der Waals surface area contributed by atoms with Crippen LogP contribution in [0, 0.1) is 0 Å². The van der Waals surface area contributed by atoms with Gasteiger partial charge >= 0.3 is 6.09 Å². The molecule has 0 aromatic heterocycles. The second-order valence-electron chi connectivity index (χ2n) is 4.32. The number of piperidine rings is 1. The minimum Gasteiger partial charge on any atom is -0.465 e. The van der Waals surface area contributed by atoms with Crippen molar-refractivity contribution < 1.29 is 15.0 Å². The normalized spacial score (nSPS) is 32.5. The summed E-state index contributed by atoms with van der Waals surface area (Å²) in [6.45, 7) is 2.33. The number of carboxylic acid groups (broad SMARTS) is 1. The van der Waals surface area contributed by atoms with Crippen LogP contribution < -0.4 is 0 Å². The van der Waals surface area contributed by atoms with Crippen molar-refractivity contribution in [2.75, 3.05) is 26.2 Å². The number of rotatable bonds is 1. The summed E-state index contributed by atoms with van der Waals surface area (Å²) in [6.07, 6.45) is 2.45. The molecule has 0 aromatic rings. The van der Waals surface area contributed by atoms with E-state index >= 15 is 0 Å². The lowest BCUT2D eigenvalue weighted by Crippen LogP contribution is -2.63. The first kappa shape index (κ1) is 10.7. The van der Waals surface area contributed by atoms with Crippen molar-refractivity contribution in [3.8, 4) is 0 Å². The molecule has 2 aliphatic rings. The molecule has 0 aromatic carbocycles. The van der Waals surface area contributed by atoms with Gasteiger partial charge in [-0.15, -0.1) is 0 Å². The number of nitrogens with zero attached hydrogens (tertiary/aromatic N) is 2. The van der Waals surface area contributed by atoms with Gasteiger partial charge in [0, 0.05) is 19.1 Å². The summed E-state index contributed by atoms with van der Waals surface area (Å²) in [7, 11) is 0. The molecule has 2 saturated heterocycles. The van der Waals surface area contributed by atoms with Gasteiger partial charge in [-0.05, 0) is 19.4 Å². The quantitative estimate of drug-likeness (QED) is 0.654. The van der Waals surface area contributed by atoms with Crippen molar-refractivity contribution in [3.63, 3.8) is 0 Å². The maximum absolute atomic E-state index is 11.0. The van der Waals surface area contributed by atoms with E-state index < -0.39 is 6.09 Å². The molecule has 2 aliphatic heterocycles. The Balaban J connectivity index is 2.11. The number of aliphatic hydroxyl groups is 1. The summed E-state index contributed by atoms with van der Waals surface area (Å²) in [4.78, 5) is 14.7. The summed E-state index contributed by atoms with van der Waals surface area (Å²) in [6, 6.07) is 0.00477. The van der Waals surface area contributed by atoms with Crippen molar-refractivity contribution in [1.82, 2.24) is 9.80 Å². The van der Waals surface area contributed by atoms with Gasteiger partial charge in [0.1, 0.15) is 0 Å². The number of carbonyl (C=O) groups is 1. The van der Waals surface area contributed by atoms with Crippen molar-refractivity contribution in [3.05, 3.63) is 0 Å². The van der Waals surface area contributed by atoms with Crippen LogP contribution in [0.4, 0.5) is 4.79 Å². The number of hydrogen-bond acceptors (Lipinski definition) is 3. The lowest BCUT2D eigenvalue weighted by Gasteiger charge is -2.48. The predicted molar refractivity (Wildman–Crippen MR) is 54.8 cm³/mol. The number of aliphatic hydroxyl groups excluding tert-OH is 1. The van der Waals surface area contributed by atoms with Crippen LogP contribution in [-0.4, -0.2) is 64.4 Å². The zero-order valence-electron chi connectivity index (χ0n) is 8.80. The smallest absolute Gasteiger partial charge is 0.407 e. The predicted octanol–water partition coefficient (Wildman–Crippen LogP) is 0.195. The Morgan fingerprint density at radius 2 is 2.07 bits per heavy atom. The molecule has 2 atom stereocenters. The number of piperazine rings is 1. The Bertz CT molecular complexity index is 247. The molecule has 86 valence electrons. The molecule has 0 aliphatic carbocycles. The first-order valence-electron chi connectivity index (χ1n) is 5.58. The van der Waals surface area contributed by atoms with E-state index in [2.05, 4.69) is 4.90 Å². The maximum Gasteiger partial charge on any atom is 0.407 e. The highest BCUT2D eigenvalue weighted by Crippen LogP contribution is 2.25. The first-order valence-corrected chi connectivity index (χ1v) is 5.58. The van der Waals surface area contributed by atoms with Crippen LogP contribution in [0.5, 0.6) is 0 Å². The summed E-state index contributed by atoms with van der Waals surface area (Å²) >= 11 is 0. The maximum atomic E-state index is 11.0. The number of amides is 1. The van der Waals surface area contributed by atoms with E-state index in [4.69, 9.17) is 5.11 Å². The summed E-state index contributed by atoms with van der Waals surface area (Å²) in [5.74, 6) is 0. The third-order valence-electron chi connectivity index (χ3n) is 3.57. The van der Waals surface area contributed by atoms with Gasteiger partial charge in [-0.3, -0.25) is 4.90 Å². The van der Waals surface area contributed by atoms with Crippen molar-refractivity contribution >= 4 is 6.09 Å². The Labute approximate surface area is 89.3 Å². The van der Waals surface area contributed by atoms with Gasteiger partial charge in [0.2, 0.25) is 0 Å². The van der Waals surface area contributed by atoms with E-state index in [1.807, 2.05) is 0 Å². The largest absolute Gasteiger partial charge is 0.465 e. The third-order valence-corrected chi connectivity index (χ3v) is 3.57. The summed E-state index contributed by atoms with van der Waals surface area (Å²) in [5, 5.41) is 18.3. The zero-order valence-corrected chi connectivity index (χ0v) is 8.80. The van der Waals surface area contributed by atoms with Gasteiger partial charge in [0.15, 0.2) is 0 Å². The first-order chi connectivity index (χ1) is 7.24. The molecule has 5 heteroatoms. The molecule has 0 spiro atoms. The molecule has 15 heavy (non-hydrogen) atoms. The molecule has 1 amide bonds. The highest BCUT2D eigenvalue weighted by atomic mass is 16.4. The van der Waals surface area contributed by atoms with E-state index in [1.54, 1.807) is 0 Å². The fraction of sp³-hybridized carbons (Fsp3) is 0.900. The standard InChI is InChI=1S/C10H18N2O3/c13-7-9-8-3-1-2-4-11(8)5-6-12(9)10(14)15/h8-9,13H,1-7H2,(H,14,15)/t8-,9?/m0/s1. The van der Waals surface area contributed by atoms with E-state index in [0.29, 0.717) is 6.54 Å². The molecular formula is C10H18N2O3. The topological polar surface area (TPSA) is 64.0 Å². The van der Waals surface area contributed by atoms with Gasteiger partial charge in [0.25, 0.3) is 0 Å². The second kappa shape index (κ2) is 4.37. The highest BCUT2D eigenvalue weighted by Gasteiger charge is 2.39. The fourth-order valence-corrected chi connectivity index (χ4v) is 2.80. The monoisotopic (exact) mass is 214 g/mol. The third kappa shape index (κ3) is 1.94. The molecule has 2 N–H and O–H groups in total. The van der Waals surface area contributed by atoms with Gasteiger partial charge in [-0.1, -0.05) is 6.42 Å². The Morgan fingerprint density at radius 3 is 2.73 bits per heavy atom. The molecule has 0 bridgehead atoms. The number of hydrogen-bond donors (Lipinski definition) is 2. The lowest BCUT2D eigenvalue weighted by atomic mass is 9.93. The molecule has 0 radical (unpaired) electrons. The molecule has 5 nitrogen and oxygen atoms in total. The number of fused-ring (bicyclic) bond motifs is 1. The molecule has 2 rings (SSSR count).